The monoisotopic (exact) mass is 434 g/mol. The van der Waals surface area contributed by atoms with E-state index in [4.69, 9.17) is 16.3 Å². The Labute approximate surface area is 183 Å². The van der Waals surface area contributed by atoms with Gasteiger partial charge in [0.25, 0.3) is 11.5 Å². The Kier molecular flexibility index (Phi) is 5.68. The van der Waals surface area contributed by atoms with Crippen molar-refractivity contribution >= 4 is 34.0 Å². The summed E-state index contributed by atoms with van der Waals surface area (Å²) >= 11 is 5.87. The van der Waals surface area contributed by atoms with Crippen LogP contribution in [0.1, 0.15) is 30.4 Å². The summed E-state index contributed by atoms with van der Waals surface area (Å²) in [6.45, 7) is 3.68. The number of ether oxygens (including phenoxy) is 1. The third-order valence-corrected chi connectivity index (χ3v) is 4.81. The standard InChI is InChI=1S/C23H19ClN4O3/c1-14(2)28-23(30)19-6-4-3-5-18(19)21(27-28)22(29)26-16-9-12-20(25-13-16)31-17-10-7-15(24)8-11-17/h3-14H,1-2H3,(H,26,29). The SMILES string of the molecule is CC(C)n1nc(C(=O)Nc2ccc(Oc3ccc(Cl)cc3)nc2)c2ccccc2c1=O. The third-order valence-electron chi connectivity index (χ3n) is 4.56. The van der Waals surface area contributed by atoms with Gasteiger partial charge in [-0.2, -0.15) is 5.10 Å². The highest BCUT2D eigenvalue weighted by atomic mass is 35.5. The van der Waals surface area contributed by atoms with Crippen molar-refractivity contribution in [2.24, 2.45) is 0 Å². The van der Waals surface area contributed by atoms with Crippen molar-refractivity contribution in [3.63, 3.8) is 0 Å². The van der Waals surface area contributed by atoms with Gasteiger partial charge in [0.15, 0.2) is 5.69 Å². The number of halogens is 1. The molecule has 0 aliphatic rings. The minimum atomic E-state index is -0.432. The molecule has 1 N–H and O–H groups in total. The van der Waals surface area contributed by atoms with Crippen LogP contribution >= 0.6 is 11.6 Å². The van der Waals surface area contributed by atoms with Crippen LogP contribution in [-0.4, -0.2) is 20.7 Å². The van der Waals surface area contributed by atoms with E-state index < -0.39 is 5.91 Å². The highest BCUT2D eigenvalue weighted by Crippen LogP contribution is 2.23. The lowest BCUT2D eigenvalue weighted by Gasteiger charge is -2.13. The van der Waals surface area contributed by atoms with Crippen molar-refractivity contribution < 1.29 is 9.53 Å². The normalized spacial score (nSPS) is 11.0. The molecule has 0 saturated heterocycles. The molecule has 0 fully saturated rings. The maximum absolute atomic E-state index is 13.0. The van der Waals surface area contributed by atoms with Gasteiger partial charge in [0, 0.05) is 16.5 Å². The van der Waals surface area contributed by atoms with Crippen molar-refractivity contribution in [2.75, 3.05) is 5.32 Å². The van der Waals surface area contributed by atoms with Gasteiger partial charge in [-0.05, 0) is 50.2 Å². The molecule has 8 heteroatoms. The van der Waals surface area contributed by atoms with E-state index in [0.29, 0.717) is 33.1 Å². The highest BCUT2D eigenvalue weighted by Gasteiger charge is 2.18. The van der Waals surface area contributed by atoms with Crippen LogP contribution in [0.15, 0.2) is 71.7 Å². The molecule has 0 spiro atoms. The molecule has 0 saturated carbocycles. The van der Waals surface area contributed by atoms with Gasteiger partial charge in [-0.3, -0.25) is 9.59 Å². The average molecular weight is 435 g/mol. The average Bonchev–Trinajstić information content (AvgIpc) is 2.77. The number of rotatable bonds is 5. The van der Waals surface area contributed by atoms with Crippen LogP contribution in [0.2, 0.25) is 5.02 Å². The first-order chi connectivity index (χ1) is 14.9. The second-order valence-electron chi connectivity index (χ2n) is 7.13. The van der Waals surface area contributed by atoms with Gasteiger partial charge in [0.2, 0.25) is 5.88 Å². The molecule has 0 radical (unpaired) electrons. The zero-order valence-corrected chi connectivity index (χ0v) is 17.6. The number of carbonyl (C=O) groups is 1. The molecular formula is C23H19ClN4O3. The highest BCUT2D eigenvalue weighted by molar-refractivity contribution is 6.30. The number of pyridine rings is 1. The number of carbonyl (C=O) groups excluding carboxylic acids is 1. The molecule has 4 aromatic rings. The number of benzene rings is 2. The summed E-state index contributed by atoms with van der Waals surface area (Å²) in [5, 5.41) is 8.65. The summed E-state index contributed by atoms with van der Waals surface area (Å²) in [6, 6.07) is 17.0. The maximum atomic E-state index is 13.0. The molecule has 4 rings (SSSR count). The second kappa shape index (κ2) is 8.57. The van der Waals surface area contributed by atoms with Crippen molar-refractivity contribution in [1.29, 1.82) is 0 Å². The Hall–Kier alpha value is -3.71. The van der Waals surface area contributed by atoms with Crippen molar-refractivity contribution in [3.8, 4) is 11.6 Å². The summed E-state index contributed by atoms with van der Waals surface area (Å²) in [6.07, 6.45) is 1.49. The van der Waals surface area contributed by atoms with Gasteiger partial charge in [-0.15, -0.1) is 0 Å². The zero-order valence-electron chi connectivity index (χ0n) is 16.9. The van der Waals surface area contributed by atoms with Crippen LogP contribution in [0.3, 0.4) is 0 Å². The number of hydrogen-bond acceptors (Lipinski definition) is 5. The van der Waals surface area contributed by atoms with Crippen LogP contribution < -0.4 is 15.6 Å². The summed E-state index contributed by atoms with van der Waals surface area (Å²) in [7, 11) is 0. The predicted molar refractivity (Wildman–Crippen MR) is 120 cm³/mol. The van der Waals surface area contributed by atoms with Crippen molar-refractivity contribution in [2.45, 2.75) is 19.9 Å². The van der Waals surface area contributed by atoms with E-state index >= 15 is 0 Å². The number of fused-ring (bicyclic) bond motifs is 1. The summed E-state index contributed by atoms with van der Waals surface area (Å²) < 4.78 is 6.98. The Balaban J connectivity index is 1.58. The first-order valence-corrected chi connectivity index (χ1v) is 10.0. The summed E-state index contributed by atoms with van der Waals surface area (Å²) in [5.41, 5.74) is 0.416. The van der Waals surface area contributed by atoms with E-state index in [2.05, 4.69) is 15.4 Å². The zero-order chi connectivity index (χ0) is 22.0. The summed E-state index contributed by atoms with van der Waals surface area (Å²) in [4.78, 5) is 29.8. The van der Waals surface area contributed by atoms with Gasteiger partial charge in [0.1, 0.15) is 5.75 Å². The molecular weight excluding hydrogens is 416 g/mol. The Bertz CT molecular complexity index is 1300. The summed E-state index contributed by atoms with van der Waals surface area (Å²) in [5.74, 6) is 0.538. The molecule has 31 heavy (non-hydrogen) atoms. The molecule has 0 bridgehead atoms. The van der Waals surface area contributed by atoms with Crippen LogP contribution in [0.25, 0.3) is 10.8 Å². The fraction of sp³-hybridized carbons (Fsp3) is 0.130. The largest absolute Gasteiger partial charge is 0.439 e. The number of nitrogens with zero attached hydrogens (tertiary/aromatic N) is 3. The smallest absolute Gasteiger partial charge is 0.276 e. The van der Waals surface area contributed by atoms with E-state index in [1.54, 1.807) is 60.7 Å². The topological polar surface area (TPSA) is 86.1 Å². The number of aromatic nitrogens is 3. The van der Waals surface area contributed by atoms with Crippen LogP contribution in [-0.2, 0) is 0 Å². The molecule has 0 aliphatic carbocycles. The lowest BCUT2D eigenvalue weighted by atomic mass is 10.1. The molecule has 1 amide bonds. The van der Waals surface area contributed by atoms with Crippen molar-refractivity contribution in [3.05, 3.63) is 87.9 Å². The number of nitrogens with one attached hydrogen (secondary N) is 1. The Morgan fingerprint density at radius 2 is 1.74 bits per heavy atom. The molecule has 0 aliphatic heterocycles. The van der Waals surface area contributed by atoms with E-state index in [9.17, 15) is 9.59 Å². The lowest BCUT2D eigenvalue weighted by molar-refractivity contribution is 0.102. The lowest BCUT2D eigenvalue weighted by Crippen LogP contribution is -2.28. The Morgan fingerprint density at radius 3 is 2.39 bits per heavy atom. The number of amides is 1. The molecule has 2 heterocycles. The molecule has 2 aromatic carbocycles. The quantitative estimate of drug-likeness (QED) is 0.474. The maximum Gasteiger partial charge on any atom is 0.276 e. The second-order valence-corrected chi connectivity index (χ2v) is 7.57. The molecule has 2 aromatic heterocycles. The molecule has 7 nitrogen and oxygen atoms in total. The molecule has 0 unspecified atom stereocenters. The molecule has 156 valence electrons. The fourth-order valence-corrected chi connectivity index (χ4v) is 3.18. The van der Waals surface area contributed by atoms with Crippen LogP contribution in [0.4, 0.5) is 5.69 Å². The number of anilines is 1. The van der Waals surface area contributed by atoms with Gasteiger partial charge < -0.3 is 10.1 Å². The van der Waals surface area contributed by atoms with Gasteiger partial charge >= 0.3 is 0 Å². The van der Waals surface area contributed by atoms with E-state index in [0.717, 1.165) is 0 Å². The van der Waals surface area contributed by atoms with Gasteiger partial charge in [-0.1, -0.05) is 29.8 Å². The third kappa shape index (κ3) is 4.41. The minimum Gasteiger partial charge on any atom is -0.439 e. The molecule has 0 atom stereocenters. The van der Waals surface area contributed by atoms with E-state index in [1.165, 1.54) is 10.9 Å². The van der Waals surface area contributed by atoms with E-state index in [1.807, 2.05) is 13.8 Å². The first-order valence-electron chi connectivity index (χ1n) is 9.65. The van der Waals surface area contributed by atoms with Crippen LogP contribution in [0.5, 0.6) is 11.6 Å². The van der Waals surface area contributed by atoms with E-state index in [-0.39, 0.29) is 17.3 Å². The number of hydrogen-bond donors (Lipinski definition) is 1. The van der Waals surface area contributed by atoms with Gasteiger partial charge in [0.05, 0.1) is 23.3 Å². The Morgan fingerprint density at radius 1 is 1.03 bits per heavy atom. The fourth-order valence-electron chi connectivity index (χ4n) is 3.05. The van der Waals surface area contributed by atoms with Gasteiger partial charge in [-0.25, -0.2) is 9.67 Å². The first kappa shape index (κ1) is 20.6. The van der Waals surface area contributed by atoms with Crippen LogP contribution in [0, 0.1) is 0 Å². The minimum absolute atomic E-state index is 0.172. The predicted octanol–water partition coefficient (Wildman–Crippen LogP) is 5.07. The van der Waals surface area contributed by atoms with Crippen molar-refractivity contribution in [1.82, 2.24) is 14.8 Å².